The summed E-state index contributed by atoms with van der Waals surface area (Å²) >= 11 is 5.97. The lowest BCUT2D eigenvalue weighted by atomic mass is 10.0. The van der Waals surface area contributed by atoms with E-state index in [4.69, 9.17) is 25.5 Å². The number of benzene rings is 2. The van der Waals surface area contributed by atoms with Crippen LogP contribution in [0.3, 0.4) is 0 Å². The Morgan fingerprint density at radius 2 is 1.90 bits per heavy atom. The number of amides is 1. The molecule has 0 N–H and O–H groups in total. The van der Waals surface area contributed by atoms with E-state index in [0.29, 0.717) is 35.9 Å². The number of ether oxygens (including phenoxy) is 2. The molecule has 0 saturated carbocycles. The summed E-state index contributed by atoms with van der Waals surface area (Å²) in [6, 6.07) is 11.0. The minimum absolute atomic E-state index is 0.00118. The number of carbonyl (C=O) groups excluding carboxylic acids is 1. The summed E-state index contributed by atoms with van der Waals surface area (Å²) in [4.78, 5) is 27.2. The third-order valence-electron chi connectivity index (χ3n) is 5.91. The minimum Gasteiger partial charge on any atom is -0.490 e. The van der Waals surface area contributed by atoms with Gasteiger partial charge < -0.3 is 18.8 Å². The first-order chi connectivity index (χ1) is 15.1. The normalized spacial score (nSPS) is 18.4. The summed E-state index contributed by atoms with van der Waals surface area (Å²) < 4.78 is 18.3. The van der Waals surface area contributed by atoms with Crippen LogP contribution in [-0.2, 0) is 11.3 Å². The lowest BCUT2D eigenvalue weighted by Gasteiger charge is -2.26. The maximum Gasteiger partial charge on any atom is 0.419 e. The molecule has 8 heteroatoms. The van der Waals surface area contributed by atoms with E-state index in [1.807, 2.05) is 23.1 Å². The van der Waals surface area contributed by atoms with Crippen LogP contribution in [0.2, 0.25) is 5.02 Å². The Morgan fingerprint density at radius 3 is 2.77 bits per heavy atom. The van der Waals surface area contributed by atoms with E-state index in [0.717, 1.165) is 36.3 Å². The Hall–Kier alpha value is -2.93. The van der Waals surface area contributed by atoms with Gasteiger partial charge in [-0.05, 0) is 42.7 Å². The van der Waals surface area contributed by atoms with Crippen LogP contribution in [0.25, 0.3) is 11.1 Å². The van der Waals surface area contributed by atoms with Gasteiger partial charge in [-0.1, -0.05) is 17.7 Å². The first kappa shape index (κ1) is 20.0. The van der Waals surface area contributed by atoms with E-state index in [-0.39, 0.29) is 24.9 Å². The summed E-state index contributed by atoms with van der Waals surface area (Å²) in [7, 11) is 0. The Labute approximate surface area is 184 Å². The molecule has 162 valence electrons. The second-order valence-electron chi connectivity index (χ2n) is 7.88. The van der Waals surface area contributed by atoms with Gasteiger partial charge in [0.25, 0.3) is 0 Å². The van der Waals surface area contributed by atoms with Crippen LogP contribution in [0, 0.1) is 0 Å². The smallest absolute Gasteiger partial charge is 0.419 e. The predicted octanol–water partition coefficient (Wildman–Crippen LogP) is 4.16. The molecular weight excluding hydrogens is 420 g/mol. The highest BCUT2D eigenvalue weighted by molar-refractivity contribution is 6.31. The van der Waals surface area contributed by atoms with Gasteiger partial charge in [-0.3, -0.25) is 9.36 Å². The topological polar surface area (TPSA) is 73.9 Å². The average Bonchev–Trinajstić information content (AvgIpc) is 3.28. The minimum atomic E-state index is -0.481. The van der Waals surface area contributed by atoms with Crippen LogP contribution in [0.5, 0.6) is 11.5 Å². The van der Waals surface area contributed by atoms with Gasteiger partial charge in [0.1, 0.15) is 0 Å². The highest BCUT2D eigenvalue weighted by Crippen LogP contribution is 2.38. The number of hydrogen-bond acceptors (Lipinski definition) is 5. The third-order valence-corrected chi connectivity index (χ3v) is 6.14. The number of aromatic nitrogens is 1. The monoisotopic (exact) mass is 442 g/mol. The largest absolute Gasteiger partial charge is 0.490 e. The van der Waals surface area contributed by atoms with Gasteiger partial charge in [-0.2, -0.15) is 0 Å². The summed E-state index contributed by atoms with van der Waals surface area (Å²) in [5.74, 6) is 1.03. The molecule has 5 rings (SSSR count). The Bertz CT molecular complexity index is 1180. The second-order valence-corrected chi connectivity index (χ2v) is 8.32. The van der Waals surface area contributed by atoms with Crippen molar-refractivity contribution in [1.29, 1.82) is 0 Å². The zero-order chi connectivity index (χ0) is 21.4. The van der Waals surface area contributed by atoms with Crippen molar-refractivity contribution in [3.8, 4) is 11.5 Å². The fraction of sp³-hybridized carbons (Fsp3) is 0.391. The maximum absolute atomic E-state index is 13.1. The first-order valence-electron chi connectivity index (χ1n) is 10.6. The molecule has 1 fully saturated rings. The molecule has 1 aromatic heterocycles. The molecule has 0 radical (unpaired) electrons. The Balaban J connectivity index is 1.32. The van der Waals surface area contributed by atoms with Gasteiger partial charge in [0.15, 0.2) is 17.1 Å². The zero-order valence-corrected chi connectivity index (χ0v) is 17.8. The molecule has 1 saturated heterocycles. The van der Waals surface area contributed by atoms with Crippen LogP contribution < -0.4 is 15.2 Å². The van der Waals surface area contributed by atoms with Crippen LogP contribution in [0.4, 0.5) is 0 Å². The Kier molecular flexibility index (Phi) is 5.36. The molecule has 2 aromatic carbocycles. The first-order valence-corrected chi connectivity index (χ1v) is 11.0. The fourth-order valence-corrected chi connectivity index (χ4v) is 4.56. The number of aryl methyl sites for hydroxylation is 1. The number of likely N-dealkylation sites (tertiary alicyclic amines) is 1. The standard InChI is InChI=1S/C23H23ClN2O5/c24-16-5-6-18-20(14-16)31-23(28)26(18)10-8-22(27)25-9-1-3-17(25)15-4-7-19-21(13-15)30-12-2-11-29-19/h4-7,13-14,17H,1-3,8-12H2/t17-/m1/s1. The molecule has 31 heavy (non-hydrogen) atoms. The molecule has 1 amide bonds. The molecular formula is C23H23ClN2O5. The van der Waals surface area contributed by atoms with Crippen molar-refractivity contribution in [3.05, 3.63) is 57.5 Å². The number of nitrogens with zero attached hydrogens (tertiary/aromatic N) is 2. The van der Waals surface area contributed by atoms with E-state index in [1.54, 1.807) is 18.2 Å². The number of rotatable bonds is 4. The molecule has 0 unspecified atom stereocenters. The number of halogens is 1. The number of fused-ring (bicyclic) bond motifs is 2. The van der Waals surface area contributed by atoms with E-state index in [1.165, 1.54) is 4.57 Å². The molecule has 0 spiro atoms. The van der Waals surface area contributed by atoms with E-state index in [2.05, 4.69) is 0 Å². The number of oxazole rings is 1. The van der Waals surface area contributed by atoms with Crippen LogP contribution in [0.15, 0.2) is 45.6 Å². The van der Waals surface area contributed by atoms with Crippen molar-refractivity contribution in [2.45, 2.75) is 38.3 Å². The molecule has 3 aromatic rings. The van der Waals surface area contributed by atoms with Crippen LogP contribution in [-0.4, -0.2) is 35.1 Å². The zero-order valence-electron chi connectivity index (χ0n) is 17.0. The highest BCUT2D eigenvalue weighted by atomic mass is 35.5. The van der Waals surface area contributed by atoms with Crippen LogP contribution in [0.1, 0.15) is 37.3 Å². The molecule has 3 heterocycles. The van der Waals surface area contributed by atoms with Crippen molar-refractivity contribution < 1.29 is 18.7 Å². The maximum atomic E-state index is 13.1. The van der Waals surface area contributed by atoms with Gasteiger partial charge in [0.05, 0.1) is 24.8 Å². The van der Waals surface area contributed by atoms with E-state index >= 15 is 0 Å². The third kappa shape index (κ3) is 3.90. The molecule has 2 aliphatic heterocycles. The number of carbonyl (C=O) groups is 1. The molecule has 0 aliphatic carbocycles. The van der Waals surface area contributed by atoms with Gasteiger partial charge in [-0.25, -0.2) is 4.79 Å². The van der Waals surface area contributed by atoms with Crippen molar-refractivity contribution in [2.24, 2.45) is 0 Å². The van der Waals surface area contributed by atoms with Gasteiger partial charge in [0.2, 0.25) is 5.91 Å². The highest BCUT2D eigenvalue weighted by Gasteiger charge is 2.30. The van der Waals surface area contributed by atoms with Gasteiger partial charge in [0, 0.05) is 37.0 Å². The second kappa shape index (κ2) is 8.30. The Morgan fingerprint density at radius 1 is 1.06 bits per heavy atom. The van der Waals surface area contributed by atoms with Gasteiger partial charge >= 0.3 is 5.76 Å². The summed E-state index contributed by atoms with van der Waals surface area (Å²) in [6.07, 6.45) is 2.92. The fourth-order valence-electron chi connectivity index (χ4n) is 4.40. The quantitative estimate of drug-likeness (QED) is 0.606. The lowest BCUT2D eigenvalue weighted by Crippen LogP contribution is -2.32. The summed E-state index contributed by atoms with van der Waals surface area (Å²) in [5.41, 5.74) is 2.12. The average molecular weight is 443 g/mol. The van der Waals surface area contributed by atoms with E-state index in [9.17, 15) is 9.59 Å². The predicted molar refractivity (Wildman–Crippen MR) is 116 cm³/mol. The molecule has 0 bridgehead atoms. The van der Waals surface area contributed by atoms with Gasteiger partial charge in [-0.15, -0.1) is 0 Å². The molecule has 2 aliphatic rings. The van der Waals surface area contributed by atoms with Crippen LogP contribution >= 0.6 is 11.6 Å². The summed E-state index contributed by atoms with van der Waals surface area (Å²) in [5, 5.41) is 0.500. The van der Waals surface area contributed by atoms with Crippen molar-refractivity contribution in [2.75, 3.05) is 19.8 Å². The molecule has 1 atom stereocenters. The number of hydrogen-bond donors (Lipinski definition) is 0. The van der Waals surface area contributed by atoms with Crippen molar-refractivity contribution in [3.63, 3.8) is 0 Å². The van der Waals surface area contributed by atoms with Crippen molar-refractivity contribution in [1.82, 2.24) is 9.47 Å². The van der Waals surface area contributed by atoms with Crippen molar-refractivity contribution >= 4 is 28.6 Å². The summed E-state index contributed by atoms with van der Waals surface area (Å²) in [6.45, 7) is 2.24. The molecule has 7 nitrogen and oxygen atoms in total. The SMILES string of the molecule is O=C(CCn1c(=O)oc2cc(Cl)ccc21)N1CCC[C@@H]1c1ccc2c(c1)OCCCO2. The lowest BCUT2D eigenvalue weighted by molar-refractivity contribution is -0.132. The van der Waals surface area contributed by atoms with E-state index < -0.39 is 5.76 Å².